The van der Waals surface area contributed by atoms with Crippen LogP contribution in [0, 0.1) is 0 Å². The van der Waals surface area contributed by atoms with E-state index >= 15 is 0 Å². The molecule has 128 valence electrons. The molecule has 0 aliphatic heterocycles. The van der Waals surface area contributed by atoms with E-state index in [1.165, 1.54) is 11.1 Å². The van der Waals surface area contributed by atoms with Crippen molar-refractivity contribution >= 4 is 11.6 Å². The largest absolute Gasteiger partial charge is 0.366 e. The Bertz CT molecular complexity index is 573. The van der Waals surface area contributed by atoms with Gasteiger partial charge >= 0.3 is 0 Å². The molecule has 0 spiro atoms. The molecule has 0 saturated heterocycles. The minimum absolute atomic E-state index is 0.256. The quantitative estimate of drug-likeness (QED) is 0.685. The SMILES string of the molecule is CCOC(CC(C/C=C/Cl)NC)(c1ccccc1)c1ccccc1. The Hall–Kier alpha value is -1.61. The number of hydrogen-bond acceptors (Lipinski definition) is 2. The summed E-state index contributed by atoms with van der Waals surface area (Å²) in [6.07, 6.45) is 3.66. The van der Waals surface area contributed by atoms with Crippen molar-refractivity contribution in [2.75, 3.05) is 13.7 Å². The summed E-state index contributed by atoms with van der Waals surface area (Å²) in [7, 11) is 1.99. The van der Waals surface area contributed by atoms with Crippen molar-refractivity contribution in [3.8, 4) is 0 Å². The highest BCUT2D eigenvalue weighted by Crippen LogP contribution is 2.38. The van der Waals surface area contributed by atoms with Gasteiger partial charge in [0, 0.05) is 24.6 Å². The zero-order chi connectivity index (χ0) is 17.3. The van der Waals surface area contributed by atoms with Crippen LogP contribution < -0.4 is 5.32 Å². The second-order valence-electron chi connectivity index (χ2n) is 5.78. The first-order valence-corrected chi connectivity index (χ1v) is 8.88. The highest BCUT2D eigenvalue weighted by atomic mass is 35.5. The number of nitrogens with one attached hydrogen (secondary N) is 1. The summed E-state index contributed by atoms with van der Waals surface area (Å²) in [5.41, 5.74) is 3.45. The van der Waals surface area contributed by atoms with Gasteiger partial charge in [-0.05, 0) is 31.5 Å². The predicted octanol–water partition coefficient (Wildman–Crippen LogP) is 5.09. The number of hydrogen-bond donors (Lipinski definition) is 1. The fourth-order valence-electron chi connectivity index (χ4n) is 3.16. The van der Waals surface area contributed by atoms with E-state index in [4.69, 9.17) is 16.3 Å². The molecular weight excluding hydrogens is 318 g/mol. The van der Waals surface area contributed by atoms with Gasteiger partial charge in [0.2, 0.25) is 0 Å². The first-order valence-electron chi connectivity index (χ1n) is 8.44. The lowest BCUT2D eigenvalue weighted by atomic mass is 9.80. The zero-order valence-electron chi connectivity index (χ0n) is 14.4. The van der Waals surface area contributed by atoms with Crippen LogP contribution in [-0.4, -0.2) is 19.7 Å². The smallest absolute Gasteiger partial charge is 0.120 e. The lowest BCUT2D eigenvalue weighted by molar-refractivity contribution is -0.0240. The molecule has 2 nitrogen and oxygen atoms in total. The van der Waals surface area contributed by atoms with E-state index in [1.54, 1.807) is 5.54 Å². The Labute approximate surface area is 150 Å². The van der Waals surface area contributed by atoms with Crippen LogP contribution in [0.4, 0.5) is 0 Å². The van der Waals surface area contributed by atoms with Crippen LogP contribution in [0.1, 0.15) is 30.9 Å². The maximum atomic E-state index is 6.42. The van der Waals surface area contributed by atoms with Crippen LogP contribution in [0.25, 0.3) is 0 Å². The Morgan fingerprint density at radius 3 is 2.00 bits per heavy atom. The van der Waals surface area contributed by atoms with Crippen molar-refractivity contribution in [3.05, 3.63) is 83.4 Å². The topological polar surface area (TPSA) is 21.3 Å². The summed E-state index contributed by atoms with van der Waals surface area (Å²) in [6.45, 7) is 2.69. The van der Waals surface area contributed by atoms with E-state index in [2.05, 4.69) is 53.8 Å². The van der Waals surface area contributed by atoms with E-state index in [0.29, 0.717) is 6.61 Å². The maximum Gasteiger partial charge on any atom is 0.120 e. The third-order valence-corrected chi connectivity index (χ3v) is 4.50. The second kappa shape index (κ2) is 9.63. The summed E-state index contributed by atoms with van der Waals surface area (Å²) in [6, 6.07) is 21.2. The Morgan fingerprint density at radius 1 is 1.04 bits per heavy atom. The van der Waals surface area contributed by atoms with Gasteiger partial charge in [-0.15, -0.1) is 0 Å². The van der Waals surface area contributed by atoms with Crippen molar-refractivity contribution in [2.24, 2.45) is 0 Å². The molecule has 0 bridgehead atoms. The molecule has 0 amide bonds. The minimum atomic E-state index is -0.481. The van der Waals surface area contributed by atoms with Crippen molar-refractivity contribution in [1.82, 2.24) is 5.32 Å². The molecular formula is C21H26ClNO. The molecule has 1 N–H and O–H groups in total. The average Bonchev–Trinajstić information content (AvgIpc) is 2.65. The van der Waals surface area contributed by atoms with Gasteiger partial charge in [-0.1, -0.05) is 78.3 Å². The average molecular weight is 344 g/mol. The third-order valence-electron chi connectivity index (χ3n) is 4.32. The van der Waals surface area contributed by atoms with Gasteiger partial charge < -0.3 is 10.1 Å². The molecule has 0 heterocycles. The Kier molecular flexibility index (Phi) is 7.51. The van der Waals surface area contributed by atoms with Gasteiger partial charge in [0.25, 0.3) is 0 Å². The van der Waals surface area contributed by atoms with Crippen molar-refractivity contribution in [1.29, 1.82) is 0 Å². The number of ether oxygens (including phenoxy) is 1. The molecule has 0 saturated carbocycles. The van der Waals surface area contributed by atoms with Gasteiger partial charge in [0.15, 0.2) is 0 Å². The fourth-order valence-corrected chi connectivity index (χ4v) is 3.26. The summed E-state index contributed by atoms with van der Waals surface area (Å²) in [5, 5.41) is 3.40. The van der Waals surface area contributed by atoms with Crippen LogP contribution in [-0.2, 0) is 10.3 Å². The third kappa shape index (κ3) is 4.47. The highest BCUT2D eigenvalue weighted by molar-refractivity contribution is 6.25. The molecule has 0 radical (unpaired) electrons. The minimum Gasteiger partial charge on any atom is -0.366 e. The van der Waals surface area contributed by atoms with Crippen LogP contribution in [0.3, 0.4) is 0 Å². The van der Waals surface area contributed by atoms with Gasteiger partial charge in [0.1, 0.15) is 5.60 Å². The lowest BCUT2D eigenvalue weighted by Gasteiger charge is -2.37. The first kappa shape index (κ1) is 18.7. The van der Waals surface area contributed by atoms with Crippen molar-refractivity contribution < 1.29 is 4.74 Å². The van der Waals surface area contributed by atoms with Crippen molar-refractivity contribution in [3.63, 3.8) is 0 Å². The van der Waals surface area contributed by atoms with E-state index in [1.807, 2.05) is 32.2 Å². The molecule has 2 aromatic carbocycles. The number of halogens is 1. The second-order valence-corrected chi connectivity index (χ2v) is 6.03. The first-order chi connectivity index (χ1) is 11.8. The van der Waals surface area contributed by atoms with Crippen molar-refractivity contribution in [2.45, 2.75) is 31.4 Å². The Morgan fingerprint density at radius 2 is 1.58 bits per heavy atom. The predicted molar refractivity (Wildman–Crippen MR) is 102 cm³/mol. The van der Waals surface area contributed by atoms with Crippen LogP contribution in [0.2, 0.25) is 0 Å². The zero-order valence-corrected chi connectivity index (χ0v) is 15.2. The summed E-state index contributed by atoms with van der Waals surface area (Å²) >= 11 is 5.73. The van der Waals surface area contributed by atoms with Gasteiger partial charge in [0.05, 0.1) is 0 Å². The van der Waals surface area contributed by atoms with Gasteiger partial charge in [-0.25, -0.2) is 0 Å². The molecule has 1 atom stereocenters. The monoisotopic (exact) mass is 343 g/mol. The van der Waals surface area contributed by atoms with Crippen LogP contribution in [0.15, 0.2) is 72.3 Å². The van der Waals surface area contributed by atoms with E-state index in [-0.39, 0.29) is 6.04 Å². The fraction of sp³-hybridized carbons (Fsp3) is 0.333. The number of rotatable bonds is 9. The lowest BCUT2D eigenvalue weighted by Crippen LogP contribution is -2.39. The van der Waals surface area contributed by atoms with E-state index in [9.17, 15) is 0 Å². The summed E-state index contributed by atoms with van der Waals surface area (Å²) in [4.78, 5) is 0. The summed E-state index contributed by atoms with van der Waals surface area (Å²) < 4.78 is 6.42. The standard InChI is InChI=1S/C21H26ClNO/c1-3-24-21(18-11-6-4-7-12-18,19-13-8-5-9-14-19)17-20(23-2)15-10-16-22/h4-14,16,20,23H,3,15,17H2,1-2H3/b16-10+. The molecule has 0 aliphatic rings. The molecule has 24 heavy (non-hydrogen) atoms. The molecule has 0 fully saturated rings. The molecule has 2 aromatic rings. The molecule has 2 rings (SSSR count). The highest BCUT2D eigenvalue weighted by Gasteiger charge is 2.36. The molecule has 0 aliphatic carbocycles. The van der Waals surface area contributed by atoms with Gasteiger partial charge in [-0.3, -0.25) is 0 Å². The molecule has 1 unspecified atom stereocenters. The van der Waals surface area contributed by atoms with Crippen LogP contribution >= 0.6 is 11.6 Å². The molecule has 3 heteroatoms. The normalized spacial score (nSPS) is 13.3. The van der Waals surface area contributed by atoms with Gasteiger partial charge in [-0.2, -0.15) is 0 Å². The maximum absolute atomic E-state index is 6.42. The summed E-state index contributed by atoms with van der Waals surface area (Å²) in [5.74, 6) is 0. The molecule has 0 aromatic heterocycles. The Balaban J connectivity index is 2.49. The van der Waals surface area contributed by atoms with Crippen LogP contribution in [0.5, 0.6) is 0 Å². The van der Waals surface area contributed by atoms with E-state index in [0.717, 1.165) is 12.8 Å². The number of benzene rings is 2. The van der Waals surface area contributed by atoms with E-state index < -0.39 is 5.60 Å².